The monoisotopic (exact) mass is 728 g/mol. The van der Waals surface area contributed by atoms with E-state index in [4.69, 9.17) is 28.7 Å². The van der Waals surface area contributed by atoms with Crippen molar-refractivity contribution in [3.63, 3.8) is 0 Å². The van der Waals surface area contributed by atoms with Crippen molar-refractivity contribution >= 4 is 52.2 Å². The summed E-state index contributed by atoms with van der Waals surface area (Å²) in [6.07, 6.45) is 1.09. The smallest absolute Gasteiger partial charge is 0.243 e. The Morgan fingerprint density at radius 3 is 1.75 bits per heavy atom. The van der Waals surface area contributed by atoms with Crippen molar-refractivity contribution in [3.05, 3.63) is 77.9 Å². The highest BCUT2D eigenvalue weighted by molar-refractivity contribution is 5.97. The molecule has 0 fully saturated rings. The minimum absolute atomic E-state index is 0.0252. The highest BCUT2D eigenvalue weighted by atomic mass is 16.3. The number of amidine groups is 1. The second-order valence-corrected chi connectivity index (χ2v) is 12.7. The zero-order chi connectivity index (χ0) is 38.3. The number of nitrogens with one attached hydrogen (secondary N) is 4. The van der Waals surface area contributed by atoms with Crippen molar-refractivity contribution in [3.8, 4) is 5.75 Å². The second-order valence-electron chi connectivity index (χ2n) is 12.7. The molecule has 1 aliphatic rings. The molecule has 4 rings (SSSR count). The van der Waals surface area contributed by atoms with E-state index in [-0.39, 0.29) is 62.3 Å². The second kappa shape index (κ2) is 19.3. The zero-order valence-corrected chi connectivity index (χ0v) is 29.3. The minimum atomic E-state index is -1.15. The lowest BCUT2D eigenvalue weighted by molar-refractivity contribution is -0.133. The predicted molar refractivity (Wildman–Crippen MR) is 203 cm³/mol. The number of nitrogens with zero attached hydrogens (tertiary/aromatic N) is 3. The van der Waals surface area contributed by atoms with Gasteiger partial charge in [-0.25, -0.2) is 0 Å². The topological polar surface area (TPSA) is 304 Å². The molecule has 4 amide bonds. The van der Waals surface area contributed by atoms with Crippen LogP contribution in [0.3, 0.4) is 0 Å². The lowest BCUT2D eigenvalue weighted by atomic mass is 10.00. The Kier molecular flexibility index (Phi) is 14.3. The molecule has 0 radical (unpaired) electrons. The Bertz CT molecular complexity index is 1840. The molecule has 0 saturated heterocycles. The number of fused-ring (bicyclic) bond motifs is 1. The number of rotatable bonds is 12. The third-order valence-electron chi connectivity index (χ3n) is 8.52. The van der Waals surface area contributed by atoms with Crippen LogP contribution in [0.4, 0.5) is 0 Å². The number of phenols is 1. The minimum Gasteiger partial charge on any atom is -0.508 e. The number of aromatic hydroxyl groups is 1. The maximum Gasteiger partial charge on any atom is 0.243 e. The lowest BCUT2D eigenvalue weighted by Gasteiger charge is -2.26. The first kappa shape index (κ1) is 39.4. The van der Waals surface area contributed by atoms with Crippen LogP contribution >= 0.6 is 0 Å². The number of guanidine groups is 2. The molecule has 15 N–H and O–H groups in total. The number of carbonyl (C=O) groups is 4. The van der Waals surface area contributed by atoms with Gasteiger partial charge in [-0.1, -0.05) is 54.6 Å². The van der Waals surface area contributed by atoms with Gasteiger partial charge in [0.1, 0.15) is 36.3 Å². The summed E-state index contributed by atoms with van der Waals surface area (Å²) in [4.78, 5) is 67.3. The van der Waals surface area contributed by atoms with E-state index in [9.17, 15) is 24.3 Å². The quantitative estimate of drug-likeness (QED) is 0.0600. The van der Waals surface area contributed by atoms with Gasteiger partial charge in [0.15, 0.2) is 11.9 Å². The summed E-state index contributed by atoms with van der Waals surface area (Å²) >= 11 is 0. The van der Waals surface area contributed by atoms with Gasteiger partial charge in [-0.05, 0) is 66.1 Å². The Morgan fingerprint density at radius 1 is 0.660 bits per heavy atom. The average molecular weight is 729 g/mol. The van der Waals surface area contributed by atoms with E-state index in [0.717, 1.165) is 16.3 Å². The van der Waals surface area contributed by atoms with Crippen molar-refractivity contribution in [1.29, 1.82) is 0 Å². The van der Waals surface area contributed by atoms with Crippen LogP contribution in [0.5, 0.6) is 5.75 Å². The Balaban J connectivity index is 1.70. The molecule has 0 saturated carbocycles. The van der Waals surface area contributed by atoms with Crippen LogP contribution in [0.1, 0.15) is 36.8 Å². The number of carbonyl (C=O) groups excluding carboxylic acids is 4. The number of aliphatic imine (C=N–C) groups is 3. The predicted octanol–water partition coefficient (Wildman–Crippen LogP) is -1.25. The van der Waals surface area contributed by atoms with Gasteiger partial charge in [-0.2, -0.15) is 0 Å². The molecule has 0 aromatic heterocycles. The van der Waals surface area contributed by atoms with Gasteiger partial charge in [-0.15, -0.1) is 0 Å². The van der Waals surface area contributed by atoms with E-state index in [2.05, 4.69) is 36.2 Å². The SMILES string of the molecule is NC(N)=NCCC[C@@H]1NC(=O)[C@H](CCCN=C(N)N)NC(=O)[C@@H](Cc2ccc(O)cc2)NC(=O)CN=C(N)[C@H](Cc2ccc3ccccc3c2)NC1=O. The molecule has 282 valence electrons. The number of nitrogens with two attached hydrogens (primary N) is 5. The molecule has 17 heteroatoms. The summed E-state index contributed by atoms with van der Waals surface area (Å²) in [5, 5.41) is 22.9. The van der Waals surface area contributed by atoms with Crippen molar-refractivity contribution < 1.29 is 24.3 Å². The standard InChI is InChI=1S/C36H48N12O5/c37-31-28(19-22-9-12-23-5-1-2-6-24(23)17-22)48-33(52)27(8-4-16-43-36(40)41)46-32(51)26(7-3-15-42-35(38)39)47-34(53)29(45-30(50)20-44-31)18-21-10-13-25(49)14-11-21/h1-2,5-6,9-14,17,26-29,49H,3-4,7-8,15-16,18-20H2,(H2,37,44)(H,45,50)(H,46,51)(H,47,53)(H,48,52)(H4,38,39,42)(H4,40,41,43)/t26-,27-,28-,29+/m0/s1. The summed E-state index contributed by atoms with van der Waals surface area (Å²) in [5.41, 5.74) is 29.9. The summed E-state index contributed by atoms with van der Waals surface area (Å²) in [5.74, 6) is -2.75. The Morgan fingerprint density at radius 2 is 1.17 bits per heavy atom. The zero-order valence-electron chi connectivity index (χ0n) is 29.3. The van der Waals surface area contributed by atoms with E-state index < -0.39 is 54.3 Å². The first-order valence-electron chi connectivity index (χ1n) is 17.2. The van der Waals surface area contributed by atoms with Crippen LogP contribution in [-0.4, -0.2) is 90.3 Å². The molecule has 3 aromatic carbocycles. The van der Waals surface area contributed by atoms with Crippen molar-refractivity contribution in [2.75, 3.05) is 19.6 Å². The van der Waals surface area contributed by atoms with Gasteiger partial charge >= 0.3 is 0 Å². The maximum absolute atomic E-state index is 14.0. The van der Waals surface area contributed by atoms with Crippen LogP contribution in [0.15, 0.2) is 81.7 Å². The Hall–Kier alpha value is -6.39. The molecule has 0 aliphatic carbocycles. The van der Waals surface area contributed by atoms with E-state index in [1.54, 1.807) is 12.1 Å². The normalized spacial score (nSPS) is 20.0. The molecule has 4 atom stereocenters. The summed E-state index contributed by atoms with van der Waals surface area (Å²) in [6.45, 7) is -0.0843. The van der Waals surface area contributed by atoms with Crippen LogP contribution in [-0.2, 0) is 32.0 Å². The molecule has 3 aromatic rings. The summed E-state index contributed by atoms with van der Waals surface area (Å²) < 4.78 is 0. The molecule has 1 heterocycles. The first-order valence-corrected chi connectivity index (χ1v) is 17.2. The van der Waals surface area contributed by atoms with Crippen LogP contribution in [0.2, 0.25) is 0 Å². The molecule has 53 heavy (non-hydrogen) atoms. The molecule has 0 bridgehead atoms. The third-order valence-corrected chi connectivity index (χ3v) is 8.52. The average Bonchev–Trinajstić information content (AvgIpc) is 3.12. The highest BCUT2D eigenvalue weighted by Crippen LogP contribution is 2.17. The van der Waals surface area contributed by atoms with Crippen molar-refractivity contribution in [1.82, 2.24) is 21.3 Å². The number of hydrogen-bond acceptors (Lipinski definition) is 9. The number of amides is 4. The van der Waals surface area contributed by atoms with E-state index in [1.165, 1.54) is 12.1 Å². The molecule has 0 unspecified atom stereocenters. The maximum atomic E-state index is 14.0. The molecule has 0 spiro atoms. The lowest BCUT2D eigenvalue weighted by Crippen LogP contribution is -2.58. The van der Waals surface area contributed by atoms with E-state index in [0.29, 0.717) is 18.4 Å². The van der Waals surface area contributed by atoms with Gasteiger partial charge in [0.2, 0.25) is 23.6 Å². The largest absolute Gasteiger partial charge is 0.508 e. The van der Waals surface area contributed by atoms with E-state index in [1.807, 2.05) is 42.5 Å². The van der Waals surface area contributed by atoms with Crippen molar-refractivity contribution in [2.24, 2.45) is 43.6 Å². The fourth-order valence-corrected chi connectivity index (χ4v) is 5.78. The van der Waals surface area contributed by atoms with Crippen molar-refractivity contribution in [2.45, 2.75) is 62.7 Å². The Labute approximate surface area is 306 Å². The first-order chi connectivity index (χ1) is 25.4. The van der Waals surface area contributed by atoms with Gasteiger partial charge in [0, 0.05) is 19.5 Å². The van der Waals surface area contributed by atoms with Gasteiger partial charge < -0.3 is 55.0 Å². The fourth-order valence-electron chi connectivity index (χ4n) is 5.78. The number of benzene rings is 3. The van der Waals surface area contributed by atoms with Crippen LogP contribution < -0.4 is 49.9 Å². The van der Waals surface area contributed by atoms with Gasteiger partial charge in [0.05, 0.1) is 6.04 Å². The number of hydrogen-bond donors (Lipinski definition) is 10. The highest BCUT2D eigenvalue weighted by Gasteiger charge is 2.31. The number of phenolic OH excluding ortho intramolecular Hbond substituents is 1. The fraction of sp³-hybridized carbons (Fsp3) is 0.361. The molecule has 17 nitrogen and oxygen atoms in total. The van der Waals surface area contributed by atoms with Gasteiger partial charge in [-0.3, -0.25) is 34.2 Å². The summed E-state index contributed by atoms with van der Waals surface area (Å²) in [7, 11) is 0. The summed E-state index contributed by atoms with van der Waals surface area (Å²) in [6, 6.07) is 15.5. The molecule has 1 aliphatic heterocycles. The molecular weight excluding hydrogens is 680 g/mol. The van der Waals surface area contributed by atoms with E-state index >= 15 is 0 Å². The third kappa shape index (κ3) is 12.7. The van der Waals surface area contributed by atoms with Crippen LogP contribution in [0.25, 0.3) is 10.8 Å². The van der Waals surface area contributed by atoms with Crippen LogP contribution in [0, 0.1) is 0 Å². The molecular formula is C36H48N12O5. The van der Waals surface area contributed by atoms with Gasteiger partial charge in [0.25, 0.3) is 0 Å².